The molecule has 0 unspecified atom stereocenters. The lowest BCUT2D eigenvalue weighted by atomic mass is 10.1. The topological polar surface area (TPSA) is 114 Å². The number of ether oxygens (including phenoxy) is 1. The summed E-state index contributed by atoms with van der Waals surface area (Å²) in [6.45, 7) is 5.32. The average molecular weight is 425 g/mol. The zero-order valence-electron chi connectivity index (χ0n) is 18.1. The highest BCUT2D eigenvalue weighted by Gasteiger charge is 2.12. The molecule has 0 spiro atoms. The fraction of sp³-hybridized carbons (Fsp3) is 0.364. The van der Waals surface area contributed by atoms with Crippen molar-refractivity contribution in [3.8, 4) is 5.88 Å². The van der Waals surface area contributed by atoms with Gasteiger partial charge in [-0.1, -0.05) is 31.2 Å². The van der Waals surface area contributed by atoms with Gasteiger partial charge in [-0.2, -0.15) is 10.2 Å². The predicted octanol–water partition coefficient (Wildman–Crippen LogP) is 2.01. The zero-order chi connectivity index (χ0) is 22.2. The normalized spacial score (nSPS) is 10.7. The number of aryl methyl sites for hydroxylation is 2. The van der Waals surface area contributed by atoms with Crippen LogP contribution in [0.15, 0.2) is 36.4 Å². The summed E-state index contributed by atoms with van der Waals surface area (Å²) in [7, 11) is 1.84. The van der Waals surface area contributed by atoms with Crippen LogP contribution in [-0.4, -0.2) is 44.9 Å². The molecule has 0 bridgehead atoms. The van der Waals surface area contributed by atoms with Crippen LogP contribution >= 0.6 is 0 Å². The molecule has 3 N–H and O–H groups in total. The predicted molar refractivity (Wildman–Crippen MR) is 116 cm³/mol. The van der Waals surface area contributed by atoms with E-state index in [2.05, 4.69) is 25.9 Å². The molecule has 0 saturated carbocycles. The summed E-state index contributed by atoms with van der Waals surface area (Å²) in [5, 5.41) is 16.6. The first kappa shape index (κ1) is 22.1. The van der Waals surface area contributed by atoms with Crippen molar-refractivity contribution in [3.63, 3.8) is 0 Å². The van der Waals surface area contributed by atoms with Crippen molar-refractivity contribution in [1.29, 1.82) is 0 Å². The van der Waals surface area contributed by atoms with Crippen LogP contribution in [0.3, 0.4) is 0 Å². The van der Waals surface area contributed by atoms with Crippen LogP contribution in [-0.2, 0) is 26.4 Å². The van der Waals surface area contributed by atoms with E-state index in [0.717, 1.165) is 23.2 Å². The van der Waals surface area contributed by atoms with E-state index in [1.165, 1.54) is 0 Å². The molecule has 0 fully saturated rings. The number of carbonyl (C=O) groups is 2. The van der Waals surface area contributed by atoms with Crippen molar-refractivity contribution >= 4 is 11.8 Å². The van der Waals surface area contributed by atoms with Gasteiger partial charge in [-0.15, -0.1) is 0 Å². The number of carbonyl (C=O) groups excluding carboxylic acids is 2. The number of amides is 2. The number of nitrogens with zero attached hydrogens (tertiary/aromatic N) is 3. The molecule has 2 heterocycles. The van der Waals surface area contributed by atoms with Crippen LogP contribution in [0.2, 0.25) is 0 Å². The number of aromatic amines is 1. The molecule has 0 aliphatic carbocycles. The molecule has 3 rings (SSSR count). The lowest BCUT2D eigenvalue weighted by molar-refractivity contribution is 0.0939. The van der Waals surface area contributed by atoms with Gasteiger partial charge in [0.1, 0.15) is 5.69 Å². The highest BCUT2D eigenvalue weighted by atomic mass is 16.5. The molecule has 0 radical (unpaired) electrons. The van der Waals surface area contributed by atoms with E-state index in [1.54, 1.807) is 10.7 Å². The van der Waals surface area contributed by atoms with Gasteiger partial charge >= 0.3 is 0 Å². The summed E-state index contributed by atoms with van der Waals surface area (Å²) in [6.07, 6.45) is 1.52. The Kier molecular flexibility index (Phi) is 7.42. The smallest absolute Gasteiger partial charge is 0.272 e. The molecule has 164 valence electrons. The van der Waals surface area contributed by atoms with Gasteiger partial charge in [0.15, 0.2) is 5.69 Å². The van der Waals surface area contributed by atoms with Gasteiger partial charge in [0, 0.05) is 31.9 Å². The number of rotatable bonds is 10. The van der Waals surface area contributed by atoms with Gasteiger partial charge in [-0.3, -0.25) is 14.3 Å². The van der Waals surface area contributed by atoms with Crippen molar-refractivity contribution in [3.05, 3.63) is 64.6 Å². The Morgan fingerprint density at radius 3 is 2.42 bits per heavy atom. The van der Waals surface area contributed by atoms with Gasteiger partial charge in [0.25, 0.3) is 11.8 Å². The molecular weight excluding hydrogens is 396 g/mol. The quantitative estimate of drug-likeness (QED) is 0.461. The van der Waals surface area contributed by atoms with Crippen molar-refractivity contribution in [2.45, 2.75) is 33.2 Å². The second kappa shape index (κ2) is 10.4. The molecule has 0 aliphatic heterocycles. The lowest BCUT2D eigenvalue weighted by Crippen LogP contribution is -2.26. The third kappa shape index (κ3) is 5.94. The standard InChI is InChI=1S/C22H28N6O3/c1-4-17-12-19(27-28(17)3)22(30)24-14-16-8-6-15(7-9-16)10-11-23-21(29)18-13-20(26-25-18)31-5-2/h6-9,12-13H,4-5,10-11,14H2,1-3H3,(H,23,29)(H,24,30)(H,25,26). The molecule has 3 aromatic rings. The summed E-state index contributed by atoms with van der Waals surface area (Å²) in [5.74, 6) is 0.0411. The Balaban J connectivity index is 1.43. The summed E-state index contributed by atoms with van der Waals surface area (Å²) < 4.78 is 6.99. The summed E-state index contributed by atoms with van der Waals surface area (Å²) in [5.41, 5.74) is 3.83. The Morgan fingerprint density at radius 2 is 1.74 bits per heavy atom. The first-order valence-electron chi connectivity index (χ1n) is 10.4. The third-order valence-corrected chi connectivity index (χ3v) is 4.83. The fourth-order valence-corrected chi connectivity index (χ4v) is 3.11. The largest absolute Gasteiger partial charge is 0.478 e. The number of hydrogen-bond donors (Lipinski definition) is 3. The second-order valence-corrected chi connectivity index (χ2v) is 7.05. The summed E-state index contributed by atoms with van der Waals surface area (Å²) in [6, 6.07) is 11.3. The number of benzene rings is 1. The monoisotopic (exact) mass is 424 g/mol. The minimum atomic E-state index is -0.248. The lowest BCUT2D eigenvalue weighted by Gasteiger charge is -2.06. The maximum absolute atomic E-state index is 12.3. The Bertz CT molecular complexity index is 1020. The van der Waals surface area contributed by atoms with Crippen molar-refractivity contribution < 1.29 is 14.3 Å². The van der Waals surface area contributed by atoms with Crippen LogP contribution in [0.5, 0.6) is 5.88 Å². The SMILES string of the molecule is CCOc1cc(C(=O)NCCc2ccc(CNC(=O)c3cc(CC)n(C)n3)cc2)n[nH]1. The molecule has 2 amide bonds. The number of aromatic nitrogens is 4. The molecule has 31 heavy (non-hydrogen) atoms. The van der Waals surface area contributed by atoms with E-state index in [-0.39, 0.29) is 11.8 Å². The Hall–Kier alpha value is -3.62. The number of hydrogen-bond acceptors (Lipinski definition) is 5. The van der Waals surface area contributed by atoms with Crippen LogP contribution in [0.1, 0.15) is 51.6 Å². The minimum Gasteiger partial charge on any atom is -0.478 e. The molecule has 9 nitrogen and oxygen atoms in total. The van der Waals surface area contributed by atoms with Gasteiger partial charge in [-0.25, -0.2) is 5.10 Å². The molecule has 0 atom stereocenters. The molecule has 2 aromatic heterocycles. The summed E-state index contributed by atoms with van der Waals surface area (Å²) in [4.78, 5) is 24.4. The summed E-state index contributed by atoms with van der Waals surface area (Å²) >= 11 is 0. The highest BCUT2D eigenvalue weighted by molar-refractivity contribution is 5.92. The minimum absolute atomic E-state index is 0.187. The number of nitrogens with one attached hydrogen (secondary N) is 3. The van der Waals surface area contributed by atoms with Crippen molar-refractivity contribution in [2.75, 3.05) is 13.2 Å². The van der Waals surface area contributed by atoms with E-state index in [9.17, 15) is 9.59 Å². The molecule has 0 saturated heterocycles. The third-order valence-electron chi connectivity index (χ3n) is 4.83. The van der Waals surface area contributed by atoms with Gasteiger partial charge < -0.3 is 15.4 Å². The van der Waals surface area contributed by atoms with E-state index < -0.39 is 0 Å². The van der Waals surface area contributed by atoms with E-state index in [0.29, 0.717) is 43.4 Å². The second-order valence-electron chi connectivity index (χ2n) is 7.05. The first-order chi connectivity index (χ1) is 15.0. The first-order valence-corrected chi connectivity index (χ1v) is 10.4. The van der Waals surface area contributed by atoms with E-state index in [1.807, 2.05) is 51.2 Å². The average Bonchev–Trinajstić information content (AvgIpc) is 3.39. The molecule has 0 aliphatic rings. The maximum atomic E-state index is 12.3. The van der Waals surface area contributed by atoms with Gasteiger partial charge in [0.2, 0.25) is 5.88 Å². The molecular formula is C22H28N6O3. The fourth-order valence-electron chi connectivity index (χ4n) is 3.11. The van der Waals surface area contributed by atoms with Crippen LogP contribution in [0.4, 0.5) is 0 Å². The van der Waals surface area contributed by atoms with Crippen LogP contribution in [0, 0.1) is 0 Å². The molecule has 9 heteroatoms. The maximum Gasteiger partial charge on any atom is 0.272 e. The Morgan fingerprint density at radius 1 is 1.03 bits per heavy atom. The van der Waals surface area contributed by atoms with E-state index in [4.69, 9.17) is 4.74 Å². The molecule has 1 aromatic carbocycles. The van der Waals surface area contributed by atoms with Crippen molar-refractivity contribution in [2.24, 2.45) is 7.05 Å². The number of H-pyrrole nitrogens is 1. The van der Waals surface area contributed by atoms with Gasteiger partial charge in [-0.05, 0) is 37.0 Å². The highest BCUT2D eigenvalue weighted by Crippen LogP contribution is 2.09. The van der Waals surface area contributed by atoms with Gasteiger partial charge in [0.05, 0.1) is 6.61 Å². The van der Waals surface area contributed by atoms with Crippen LogP contribution in [0.25, 0.3) is 0 Å². The van der Waals surface area contributed by atoms with Crippen LogP contribution < -0.4 is 15.4 Å². The zero-order valence-corrected chi connectivity index (χ0v) is 18.1. The Labute approximate surface area is 181 Å². The van der Waals surface area contributed by atoms with E-state index >= 15 is 0 Å². The van der Waals surface area contributed by atoms with Crippen molar-refractivity contribution in [1.82, 2.24) is 30.6 Å².